The maximum absolute atomic E-state index is 9.73. The molecule has 0 saturated heterocycles. The number of aliphatic hydroxyl groups excluding tert-OH is 1. The third-order valence-electron chi connectivity index (χ3n) is 1.86. The first-order valence-corrected chi connectivity index (χ1v) is 4.82. The molecule has 0 aliphatic carbocycles. The van der Waals surface area contributed by atoms with Gasteiger partial charge in [0, 0.05) is 25.7 Å². The summed E-state index contributed by atoms with van der Waals surface area (Å²) >= 11 is 5.74. The number of halogens is 1. The molecular formula is C10H15ClN2O. The van der Waals surface area contributed by atoms with Gasteiger partial charge in [0.1, 0.15) is 0 Å². The molecule has 0 amide bonds. The fourth-order valence-corrected chi connectivity index (χ4v) is 1.20. The molecule has 1 rings (SSSR count). The second-order valence-electron chi connectivity index (χ2n) is 3.32. The van der Waals surface area contributed by atoms with E-state index in [1.807, 2.05) is 26.2 Å². The van der Waals surface area contributed by atoms with Crippen molar-refractivity contribution < 1.29 is 5.11 Å². The van der Waals surface area contributed by atoms with Crippen LogP contribution >= 0.6 is 11.6 Å². The van der Waals surface area contributed by atoms with Crippen LogP contribution in [0.25, 0.3) is 0 Å². The van der Waals surface area contributed by atoms with E-state index in [4.69, 9.17) is 11.6 Å². The van der Waals surface area contributed by atoms with E-state index >= 15 is 0 Å². The van der Waals surface area contributed by atoms with Crippen molar-refractivity contribution in [3.05, 3.63) is 34.9 Å². The third-order valence-corrected chi connectivity index (χ3v) is 2.11. The predicted molar refractivity (Wildman–Crippen MR) is 58.1 cm³/mol. The Kier molecular flexibility index (Phi) is 4.35. The highest BCUT2D eigenvalue weighted by Crippen LogP contribution is 2.15. The van der Waals surface area contributed by atoms with Crippen molar-refractivity contribution in [1.29, 1.82) is 0 Å². The molecule has 2 N–H and O–H groups in total. The molecule has 1 aromatic carbocycles. The lowest BCUT2D eigenvalue weighted by Gasteiger charge is -2.16. The van der Waals surface area contributed by atoms with Crippen molar-refractivity contribution in [2.75, 3.05) is 20.6 Å². The molecule has 0 saturated carbocycles. The van der Waals surface area contributed by atoms with Crippen LogP contribution in [0.4, 0.5) is 0 Å². The molecule has 0 bridgehead atoms. The number of hydrogen-bond donors (Lipinski definition) is 2. The highest BCUT2D eigenvalue weighted by molar-refractivity contribution is 6.30. The van der Waals surface area contributed by atoms with E-state index in [2.05, 4.69) is 5.43 Å². The number of benzene rings is 1. The highest BCUT2D eigenvalue weighted by Gasteiger charge is 2.06. The van der Waals surface area contributed by atoms with Gasteiger partial charge in [0.25, 0.3) is 0 Å². The number of hydrazine groups is 1. The molecule has 14 heavy (non-hydrogen) atoms. The predicted octanol–water partition coefficient (Wildman–Crippen LogP) is 1.44. The van der Waals surface area contributed by atoms with Gasteiger partial charge in [0.05, 0.1) is 6.10 Å². The molecule has 0 aromatic heterocycles. The normalized spacial score (nSPS) is 13.2. The Morgan fingerprint density at radius 1 is 1.36 bits per heavy atom. The molecule has 1 unspecified atom stereocenters. The Hall–Kier alpha value is -0.610. The zero-order chi connectivity index (χ0) is 10.6. The van der Waals surface area contributed by atoms with Gasteiger partial charge >= 0.3 is 0 Å². The zero-order valence-electron chi connectivity index (χ0n) is 8.37. The SMILES string of the molecule is CN(C)NCC(O)c1ccc(Cl)cc1. The van der Waals surface area contributed by atoms with Crippen molar-refractivity contribution in [3.8, 4) is 0 Å². The molecular weight excluding hydrogens is 200 g/mol. The second-order valence-corrected chi connectivity index (χ2v) is 3.76. The van der Waals surface area contributed by atoms with Gasteiger partial charge in [-0.2, -0.15) is 0 Å². The largest absolute Gasteiger partial charge is 0.387 e. The lowest BCUT2D eigenvalue weighted by Crippen LogP contribution is -2.33. The standard InChI is InChI=1S/C10H15ClN2O/c1-13(2)12-7-10(14)8-3-5-9(11)6-4-8/h3-6,10,12,14H,7H2,1-2H3. The zero-order valence-corrected chi connectivity index (χ0v) is 9.12. The summed E-state index contributed by atoms with van der Waals surface area (Å²) in [7, 11) is 3.77. The summed E-state index contributed by atoms with van der Waals surface area (Å²) in [6.07, 6.45) is -0.505. The molecule has 78 valence electrons. The van der Waals surface area contributed by atoms with Gasteiger partial charge in [-0.25, -0.2) is 0 Å². The Morgan fingerprint density at radius 2 is 1.93 bits per heavy atom. The fraction of sp³-hybridized carbons (Fsp3) is 0.400. The minimum Gasteiger partial charge on any atom is -0.387 e. The van der Waals surface area contributed by atoms with Crippen LogP contribution in [0.15, 0.2) is 24.3 Å². The van der Waals surface area contributed by atoms with Crippen molar-refractivity contribution in [1.82, 2.24) is 10.4 Å². The first-order valence-electron chi connectivity index (χ1n) is 4.44. The minimum absolute atomic E-state index is 0.495. The third kappa shape index (κ3) is 3.64. The molecule has 0 heterocycles. The van der Waals surface area contributed by atoms with Gasteiger partial charge in [-0.15, -0.1) is 0 Å². The molecule has 3 nitrogen and oxygen atoms in total. The Labute approximate surface area is 89.3 Å². The average molecular weight is 215 g/mol. The van der Waals surface area contributed by atoms with Gasteiger partial charge in [0.2, 0.25) is 0 Å². The molecule has 0 radical (unpaired) electrons. The van der Waals surface area contributed by atoms with E-state index in [-0.39, 0.29) is 0 Å². The fourth-order valence-electron chi connectivity index (χ4n) is 1.07. The lowest BCUT2D eigenvalue weighted by molar-refractivity contribution is 0.141. The minimum atomic E-state index is -0.505. The molecule has 0 spiro atoms. The first-order chi connectivity index (χ1) is 6.59. The molecule has 1 atom stereocenters. The van der Waals surface area contributed by atoms with E-state index in [0.29, 0.717) is 11.6 Å². The number of nitrogens with zero attached hydrogens (tertiary/aromatic N) is 1. The van der Waals surface area contributed by atoms with E-state index in [0.717, 1.165) is 5.56 Å². The van der Waals surface area contributed by atoms with Gasteiger partial charge in [-0.05, 0) is 17.7 Å². The van der Waals surface area contributed by atoms with Crippen molar-refractivity contribution in [2.24, 2.45) is 0 Å². The molecule has 0 aliphatic heterocycles. The number of hydrogen-bond acceptors (Lipinski definition) is 3. The highest BCUT2D eigenvalue weighted by atomic mass is 35.5. The number of nitrogens with one attached hydrogen (secondary N) is 1. The summed E-state index contributed by atoms with van der Waals surface area (Å²) in [5, 5.41) is 12.2. The van der Waals surface area contributed by atoms with E-state index in [1.165, 1.54) is 0 Å². The Morgan fingerprint density at radius 3 is 2.43 bits per heavy atom. The number of aliphatic hydroxyl groups is 1. The summed E-state index contributed by atoms with van der Waals surface area (Å²) in [4.78, 5) is 0. The van der Waals surface area contributed by atoms with Crippen molar-refractivity contribution >= 4 is 11.6 Å². The molecule has 4 heteroatoms. The molecule has 1 aromatic rings. The molecule has 0 aliphatic rings. The van der Waals surface area contributed by atoms with Gasteiger partial charge in [0.15, 0.2) is 0 Å². The van der Waals surface area contributed by atoms with Crippen LogP contribution in [-0.4, -0.2) is 30.8 Å². The van der Waals surface area contributed by atoms with Crippen LogP contribution in [0.2, 0.25) is 5.02 Å². The average Bonchev–Trinajstić information content (AvgIpc) is 2.15. The quantitative estimate of drug-likeness (QED) is 0.745. The Balaban J connectivity index is 2.52. The van der Waals surface area contributed by atoms with Crippen molar-refractivity contribution in [2.45, 2.75) is 6.10 Å². The van der Waals surface area contributed by atoms with E-state index in [1.54, 1.807) is 17.1 Å². The topological polar surface area (TPSA) is 35.5 Å². The Bertz CT molecular complexity index is 274. The smallest absolute Gasteiger partial charge is 0.0928 e. The summed E-state index contributed by atoms with van der Waals surface area (Å²) < 4.78 is 0. The monoisotopic (exact) mass is 214 g/mol. The summed E-state index contributed by atoms with van der Waals surface area (Å²) in [6.45, 7) is 0.495. The lowest BCUT2D eigenvalue weighted by atomic mass is 10.1. The van der Waals surface area contributed by atoms with Gasteiger partial charge < -0.3 is 5.11 Å². The first kappa shape index (κ1) is 11.5. The van der Waals surface area contributed by atoms with Crippen LogP contribution < -0.4 is 5.43 Å². The maximum atomic E-state index is 9.73. The van der Waals surface area contributed by atoms with Gasteiger partial charge in [-0.1, -0.05) is 23.7 Å². The van der Waals surface area contributed by atoms with E-state index in [9.17, 15) is 5.11 Å². The maximum Gasteiger partial charge on any atom is 0.0928 e. The molecule has 0 fully saturated rings. The summed E-state index contributed by atoms with van der Waals surface area (Å²) in [5.41, 5.74) is 3.87. The number of rotatable bonds is 4. The van der Waals surface area contributed by atoms with Crippen LogP contribution in [0, 0.1) is 0 Å². The van der Waals surface area contributed by atoms with Crippen LogP contribution in [-0.2, 0) is 0 Å². The summed E-state index contributed by atoms with van der Waals surface area (Å²) in [5.74, 6) is 0. The van der Waals surface area contributed by atoms with Gasteiger partial charge in [-0.3, -0.25) is 10.4 Å². The van der Waals surface area contributed by atoms with Crippen molar-refractivity contribution in [3.63, 3.8) is 0 Å². The summed E-state index contributed by atoms with van der Waals surface area (Å²) in [6, 6.07) is 7.19. The van der Waals surface area contributed by atoms with E-state index < -0.39 is 6.10 Å². The van der Waals surface area contributed by atoms with Crippen LogP contribution in [0.3, 0.4) is 0 Å². The second kappa shape index (κ2) is 5.32. The van der Waals surface area contributed by atoms with Crippen LogP contribution in [0.1, 0.15) is 11.7 Å². The van der Waals surface area contributed by atoms with Crippen LogP contribution in [0.5, 0.6) is 0 Å².